The molecule has 1 N–H and O–H groups in total. The molecule has 92 valence electrons. The quantitative estimate of drug-likeness (QED) is 0.904. The first kappa shape index (κ1) is 12.5. The summed E-state index contributed by atoms with van der Waals surface area (Å²) >= 11 is 5.62. The van der Waals surface area contributed by atoms with Gasteiger partial charge in [-0.3, -0.25) is 4.79 Å². The number of aromatic nitrogens is 2. The van der Waals surface area contributed by atoms with Crippen LogP contribution in [-0.4, -0.2) is 16.1 Å². The molecule has 18 heavy (non-hydrogen) atoms. The fourth-order valence-corrected chi connectivity index (χ4v) is 1.73. The minimum Gasteiger partial charge on any atom is -0.320 e. The fourth-order valence-electron chi connectivity index (χ4n) is 1.63. The number of rotatable bonds is 2. The van der Waals surface area contributed by atoms with Gasteiger partial charge in [0.1, 0.15) is 0 Å². The van der Waals surface area contributed by atoms with Crippen molar-refractivity contribution >= 4 is 23.2 Å². The molecule has 4 nitrogen and oxygen atoms in total. The third kappa shape index (κ3) is 2.65. The SMILES string of the molecule is Cc1cccc(C)c1NC(=O)c1ccc(Cl)nn1. The molecule has 0 aliphatic rings. The van der Waals surface area contributed by atoms with Gasteiger partial charge in [-0.2, -0.15) is 0 Å². The highest BCUT2D eigenvalue weighted by molar-refractivity contribution is 6.29. The maximum atomic E-state index is 12.0. The van der Waals surface area contributed by atoms with Crippen LogP contribution in [-0.2, 0) is 0 Å². The maximum Gasteiger partial charge on any atom is 0.276 e. The summed E-state index contributed by atoms with van der Waals surface area (Å²) in [5, 5.41) is 10.5. The zero-order chi connectivity index (χ0) is 13.1. The van der Waals surface area contributed by atoms with Crippen molar-refractivity contribution in [1.29, 1.82) is 0 Å². The van der Waals surface area contributed by atoms with Crippen LogP contribution in [0.25, 0.3) is 0 Å². The number of nitrogens with one attached hydrogen (secondary N) is 1. The summed E-state index contributed by atoms with van der Waals surface area (Å²) in [6.45, 7) is 3.88. The number of carbonyl (C=O) groups is 1. The Morgan fingerprint density at radius 3 is 2.33 bits per heavy atom. The highest BCUT2D eigenvalue weighted by Crippen LogP contribution is 2.20. The van der Waals surface area contributed by atoms with Crippen LogP contribution in [0.4, 0.5) is 5.69 Å². The van der Waals surface area contributed by atoms with Crippen molar-refractivity contribution < 1.29 is 4.79 Å². The van der Waals surface area contributed by atoms with Crippen LogP contribution in [0.2, 0.25) is 5.15 Å². The van der Waals surface area contributed by atoms with E-state index in [0.29, 0.717) is 0 Å². The second-order valence-corrected chi connectivity index (χ2v) is 4.35. The fraction of sp³-hybridized carbons (Fsp3) is 0.154. The molecule has 0 aliphatic heterocycles. The van der Waals surface area contributed by atoms with Crippen molar-refractivity contribution in [1.82, 2.24) is 10.2 Å². The number of amides is 1. The third-order valence-electron chi connectivity index (χ3n) is 2.58. The minimum absolute atomic E-state index is 0.238. The Morgan fingerprint density at radius 1 is 1.11 bits per heavy atom. The topological polar surface area (TPSA) is 54.9 Å². The number of anilines is 1. The summed E-state index contributed by atoms with van der Waals surface area (Å²) in [4.78, 5) is 12.0. The van der Waals surface area contributed by atoms with Gasteiger partial charge in [-0.15, -0.1) is 10.2 Å². The van der Waals surface area contributed by atoms with Gasteiger partial charge in [-0.05, 0) is 37.1 Å². The molecule has 1 amide bonds. The monoisotopic (exact) mass is 261 g/mol. The molecule has 2 rings (SSSR count). The van der Waals surface area contributed by atoms with E-state index in [1.54, 1.807) is 0 Å². The number of aryl methyl sites for hydroxylation is 2. The molecule has 2 aromatic rings. The Labute approximate surface area is 110 Å². The molecule has 0 saturated heterocycles. The average molecular weight is 262 g/mol. The van der Waals surface area contributed by atoms with Crippen LogP contribution in [0, 0.1) is 13.8 Å². The second-order valence-electron chi connectivity index (χ2n) is 3.96. The first-order valence-electron chi connectivity index (χ1n) is 5.45. The summed E-state index contributed by atoms with van der Waals surface area (Å²) in [7, 11) is 0. The average Bonchev–Trinajstić information content (AvgIpc) is 2.34. The zero-order valence-electron chi connectivity index (χ0n) is 10.1. The molecule has 0 atom stereocenters. The summed E-state index contributed by atoms with van der Waals surface area (Å²) in [6.07, 6.45) is 0. The molecule has 0 aliphatic carbocycles. The summed E-state index contributed by atoms with van der Waals surface area (Å²) in [5.41, 5.74) is 3.05. The summed E-state index contributed by atoms with van der Waals surface area (Å²) in [5.74, 6) is -0.295. The molecule has 0 bridgehead atoms. The Kier molecular flexibility index (Phi) is 3.58. The van der Waals surface area contributed by atoms with Gasteiger partial charge in [0.05, 0.1) is 0 Å². The molecule has 0 radical (unpaired) electrons. The number of benzene rings is 1. The van der Waals surface area contributed by atoms with E-state index >= 15 is 0 Å². The van der Waals surface area contributed by atoms with E-state index in [4.69, 9.17) is 11.6 Å². The zero-order valence-corrected chi connectivity index (χ0v) is 10.8. The molecule has 0 spiro atoms. The lowest BCUT2D eigenvalue weighted by Crippen LogP contribution is -2.15. The number of carbonyl (C=O) groups excluding carboxylic acids is 1. The number of halogens is 1. The van der Waals surface area contributed by atoms with Crippen molar-refractivity contribution in [3.63, 3.8) is 0 Å². The Hall–Kier alpha value is -1.94. The van der Waals surface area contributed by atoms with E-state index in [1.807, 2.05) is 32.0 Å². The normalized spacial score (nSPS) is 10.2. The van der Waals surface area contributed by atoms with Crippen LogP contribution in [0.5, 0.6) is 0 Å². The highest BCUT2D eigenvalue weighted by atomic mass is 35.5. The van der Waals surface area contributed by atoms with Crippen molar-refractivity contribution in [2.45, 2.75) is 13.8 Å². The standard InChI is InChI=1S/C13H12ClN3O/c1-8-4-3-5-9(2)12(8)15-13(18)10-6-7-11(14)17-16-10/h3-7H,1-2H3,(H,15,18). The number of para-hydroxylation sites is 1. The van der Waals surface area contributed by atoms with Crippen molar-refractivity contribution in [3.05, 3.63) is 52.3 Å². The van der Waals surface area contributed by atoms with Crippen molar-refractivity contribution in [2.24, 2.45) is 0 Å². The van der Waals surface area contributed by atoms with E-state index in [-0.39, 0.29) is 16.8 Å². The van der Waals surface area contributed by atoms with Gasteiger partial charge in [-0.25, -0.2) is 0 Å². The first-order chi connectivity index (χ1) is 8.58. The Bertz CT molecular complexity index is 561. The predicted molar refractivity (Wildman–Crippen MR) is 70.9 cm³/mol. The van der Waals surface area contributed by atoms with E-state index in [2.05, 4.69) is 15.5 Å². The van der Waals surface area contributed by atoms with Gasteiger partial charge >= 0.3 is 0 Å². The van der Waals surface area contributed by atoms with Crippen molar-refractivity contribution in [3.8, 4) is 0 Å². The lowest BCUT2D eigenvalue weighted by molar-refractivity contribution is 0.102. The lowest BCUT2D eigenvalue weighted by Gasteiger charge is -2.10. The van der Waals surface area contributed by atoms with E-state index in [0.717, 1.165) is 16.8 Å². The number of nitrogens with zero attached hydrogens (tertiary/aromatic N) is 2. The van der Waals surface area contributed by atoms with Crippen molar-refractivity contribution in [2.75, 3.05) is 5.32 Å². The van der Waals surface area contributed by atoms with Crippen LogP contribution >= 0.6 is 11.6 Å². The van der Waals surface area contributed by atoms with Gasteiger partial charge in [-0.1, -0.05) is 29.8 Å². The molecule has 0 unspecified atom stereocenters. The molecule has 1 aromatic carbocycles. The number of hydrogen-bond donors (Lipinski definition) is 1. The first-order valence-corrected chi connectivity index (χ1v) is 5.82. The molecular weight excluding hydrogens is 250 g/mol. The summed E-state index contributed by atoms with van der Waals surface area (Å²) in [6, 6.07) is 8.90. The highest BCUT2D eigenvalue weighted by Gasteiger charge is 2.11. The van der Waals surface area contributed by atoms with Crippen LogP contribution in [0.1, 0.15) is 21.6 Å². The Morgan fingerprint density at radius 2 is 1.78 bits per heavy atom. The smallest absolute Gasteiger partial charge is 0.276 e. The van der Waals surface area contributed by atoms with Gasteiger partial charge in [0.2, 0.25) is 0 Å². The van der Waals surface area contributed by atoms with E-state index < -0.39 is 0 Å². The predicted octanol–water partition coefficient (Wildman–Crippen LogP) is 3.00. The molecule has 1 heterocycles. The molecule has 0 saturated carbocycles. The van der Waals surface area contributed by atoms with Gasteiger partial charge in [0.15, 0.2) is 10.8 Å². The molecule has 5 heteroatoms. The summed E-state index contributed by atoms with van der Waals surface area (Å²) < 4.78 is 0. The van der Waals surface area contributed by atoms with E-state index in [9.17, 15) is 4.79 Å². The van der Waals surface area contributed by atoms with Crippen LogP contribution < -0.4 is 5.32 Å². The van der Waals surface area contributed by atoms with Gasteiger partial charge in [0.25, 0.3) is 5.91 Å². The van der Waals surface area contributed by atoms with Gasteiger partial charge < -0.3 is 5.32 Å². The molecular formula is C13H12ClN3O. The number of hydrogen-bond acceptors (Lipinski definition) is 3. The van der Waals surface area contributed by atoms with Crippen LogP contribution in [0.15, 0.2) is 30.3 Å². The van der Waals surface area contributed by atoms with Crippen LogP contribution in [0.3, 0.4) is 0 Å². The third-order valence-corrected chi connectivity index (χ3v) is 2.79. The Balaban J connectivity index is 2.24. The van der Waals surface area contributed by atoms with Gasteiger partial charge in [0, 0.05) is 5.69 Å². The lowest BCUT2D eigenvalue weighted by atomic mass is 10.1. The molecule has 0 fully saturated rings. The van der Waals surface area contributed by atoms with E-state index in [1.165, 1.54) is 12.1 Å². The minimum atomic E-state index is -0.295. The molecule has 1 aromatic heterocycles. The largest absolute Gasteiger partial charge is 0.320 e. The second kappa shape index (κ2) is 5.14. The maximum absolute atomic E-state index is 12.0.